The van der Waals surface area contributed by atoms with Gasteiger partial charge in [-0.1, -0.05) is 44.2 Å². The molecule has 1 N–H and O–H groups in total. The Labute approximate surface area is 92.1 Å². The van der Waals surface area contributed by atoms with Gasteiger partial charge in [-0.15, -0.1) is 11.8 Å². The van der Waals surface area contributed by atoms with Gasteiger partial charge in [0.1, 0.15) is 0 Å². The Bertz CT molecular complexity index is 354. The van der Waals surface area contributed by atoms with Gasteiger partial charge in [-0.05, 0) is 12.5 Å². The first kappa shape index (κ1) is 11.8. The topological polar surface area (TPSA) is 20.2 Å². The van der Waals surface area contributed by atoms with Gasteiger partial charge in [-0.3, -0.25) is 0 Å². The van der Waals surface area contributed by atoms with Crippen molar-refractivity contribution in [2.24, 2.45) is 0 Å². The summed E-state index contributed by atoms with van der Waals surface area (Å²) in [6.07, 6.45) is 0.102. The molecule has 1 rings (SSSR count). The number of aliphatic hydroxyl groups is 1. The Morgan fingerprint density at radius 2 is 1.87 bits per heavy atom. The largest absolute Gasteiger partial charge is 0.391 e. The quantitative estimate of drug-likeness (QED) is 0.747. The minimum Gasteiger partial charge on any atom is -0.391 e. The maximum absolute atomic E-state index is 10.1. The molecule has 1 nitrogen and oxygen atoms in total. The van der Waals surface area contributed by atoms with E-state index in [1.54, 1.807) is 6.92 Å². The highest BCUT2D eigenvalue weighted by Crippen LogP contribution is 2.28. The van der Waals surface area contributed by atoms with E-state index in [1.165, 1.54) is 0 Å². The zero-order valence-corrected chi connectivity index (χ0v) is 9.62. The summed E-state index contributed by atoms with van der Waals surface area (Å²) >= 11 is 0. The Morgan fingerprint density at radius 3 is 2.40 bits per heavy atom. The summed E-state index contributed by atoms with van der Waals surface area (Å²) in [6.45, 7) is 5.89. The van der Waals surface area contributed by atoms with Crippen LogP contribution in [0.2, 0.25) is 0 Å². The fraction of sp³-hybridized carbons (Fsp3) is 0.429. The molecule has 0 spiro atoms. The monoisotopic (exact) mass is 202 g/mol. The Balaban J connectivity index is 2.85. The van der Waals surface area contributed by atoms with Crippen molar-refractivity contribution in [3.63, 3.8) is 0 Å². The van der Waals surface area contributed by atoms with E-state index in [0.29, 0.717) is 6.42 Å². The lowest BCUT2D eigenvalue weighted by atomic mass is 9.78. The van der Waals surface area contributed by atoms with E-state index >= 15 is 0 Å². The summed E-state index contributed by atoms with van der Waals surface area (Å²) in [5, 5.41) is 10.1. The Hall–Kier alpha value is -1.26. The number of benzene rings is 1. The van der Waals surface area contributed by atoms with Crippen LogP contribution in [0.25, 0.3) is 0 Å². The van der Waals surface area contributed by atoms with Gasteiger partial charge in [0.05, 0.1) is 6.10 Å². The summed E-state index contributed by atoms with van der Waals surface area (Å²) in [7, 11) is 0. The molecular weight excluding hydrogens is 184 g/mol. The molecule has 0 saturated heterocycles. The summed E-state index contributed by atoms with van der Waals surface area (Å²) in [6, 6.07) is 10.1. The predicted molar refractivity (Wildman–Crippen MR) is 63.5 cm³/mol. The summed E-state index contributed by atoms with van der Waals surface area (Å²) in [5.41, 5.74) is 0.904. The molecule has 0 bridgehead atoms. The SMILES string of the molecule is CC#CCC(O)C(C)(C)c1ccccc1. The second-order valence-electron chi connectivity index (χ2n) is 4.23. The molecule has 0 aliphatic heterocycles. The van der Waals surface area contributed by atoms with Gasteiger partial charge in [0.25, 0.3) is 0 Å². The molecule has 15 heavy (non-hydrogen) atoms. The van der Waals surface area contributed by atoms with Gasteiger partial charge >= 0.3 is 0 Å². The Kier molecular flexibility index (Phi) is 3.94. The van der Waals surface area contributed by atoms with Crippen LogP contribution in [0.5, 0.6) is 0 Å². The van der Waals surface area contributed by atoms with Gasteiger partial charge in [0.15, 0.2) is 0 Å². The molecule has 1 aromatic rings. The maximum Gasteiger partial charge on any atom is 0.0740 e. The predicted octanol–water partition coefficient (Wildman–Crippen LogP) is 2.74. The molecule has 0 amide bonds. The molecule has 0 fully saturated rings. The van der Waals surface area contributed by atoms with E-state index in [2.05, 4.69) is 11.8 Å². The van der Waals surface area contributed by atoms with E-state index in [4.69, 9.17) is 0 Å². The van der Waals surface area contributed by atoms with Crippen LogP contribution in [-0.2, 0) is 5.41 Å². The molecule has 0 saturated carbocycles. The fourth-order valence-electron chi connectivity index (χ4n) is 1.51. The van der Waals surface area contributed by atoms with Crippen molar-refractivity contribution in [2.45, 2.75) is 38.7 Å². The first-order valence-electron chi connectivity index (χ1n) is 5.22. The average Bonchev–Trinajstić information content (AvgIpc) is 2.27. The van der Waals surface area contributed by atoms with E-state index in [0.717, 1.165) is 5.56 Å². The minimum atomic E-state index is -0.424. The summed E-state index contributed by atoms with van der Waals surface area (Å²) in [5.74, 6) is 5.74. The average molecular weight is 202 g/mol. The molecule has 1 heteroatoms. The van der Waals surface area contributed by atoms with E-state index < -0.39 is 6.10 Å². The number of hydrogen-bond acceptors (Lipinski definition) is 1. The molecule has 0 aliphatic rings. The van der Waals surface area contributed by atoms with Crippen LogP contribution in [-0.4, -0.2) is 11.2 Å². The van der Waals surface area contributed by atoms with Crippen LogP contribution >= 0.6 is 0 Å². The van der Waals surface area contributed by atoms with Crippen molar-refractivity contribution in [2.75, 3.05) is 0 Å². The molecule has 1 aromatic carbocycles. The van der Waals surface area contributed by atoms with Crippen LogP contribution in [0.15, 0.2) is 30.3 Å². The first-order chi connectivity index (χ1) is 7.09. The van der Waals surface area contributed by atoms with Crippen LogP contribution in [0, 0.1) is 11.8 Å². The lowest BCUT2D eigenvalue weighted by molar-refractivity contribution is 0.105. The normalized spacial score (nSPS) is 12.8. The first-order valence-corrected chi connectivity index (χ1v) is 5.22. The zero-order valence-electron chi connectivity index (χ0n) is 9.62. The molecule has 80 valence electrons. The second-order valence-corrected chi connectivity index (χ2v) is 4.23. The standard InChI is InChI=1S/C14H18O/c1-4-5-11-13(15)14(2,3)12-9-7-6-8-10-12/h6-10,13,15H,11H2,1-3H3. The molecular formula is C14H18O. The fourth-order valence-corrected chi connectivity index (χ4v) is 1.51. The highest BCUT2D eigenvalue weighted by atomic mass is 16.3. The molecule has 0 radical (unpaired) electrons. The van der Waals surface area contributed by atoms with Crippen molar-refractivity contribution < 1.29 is 5.11 Å². The molecule has 0 aromatic heterocycles. The lowest BCUT2D eigenvalue weighted by Gasteiger charge is -2.30. The smallest absolute Gasteiger partial charge is 0.0740 e. The van der Waals surface area contributed by atoms with E-state index in [1.807, 2.05) is 44.2 Å². The third-order valence-electron chi connectivity index (χ3n) is 2.82. The molecule has 0 heterocycles. The van der Waals surface area contributed by atoms with Gasteiger partial charge in [-0.2, -0.15) is 0 Å². The highest BCUT2D eigenvalue weighted by molar-refractivity contribution is 5.25. The van der Waals surface area contributed by atoms with Crippen LogP contribution in [0.1, 0.15) is 32.8 Å². The van der Waals surface area contributed by atoms with Crippen LogP contribution in [0.4, 0.5) is 0 Å². The van der Waals surface area contributed by atoms with Gasteiger partial charge in [-0.25, -0.2) is 0 Å². The van der Waals surface area contributed by atoms with Gasteiger partial charge in [0.2, 0.25) is 0 Å². The number of hydrogen-bond donors (Lipinski definition) is 1. The second kappa shape index (κ2) is 5.00. The summed E-state index contributed by atoms with van der Waals surface area (Å²) in [4.78, 5) is 0. The molecule has 0 aliphatic carbocycles. The van der Waals surface area contributed by atoms with Crippen LogP contribution in [0.3, 0.4) is 0 Å². The van der Waals surface area contributed by atoms with Crippen molar-refractivity contribution >= 4 is 0 Å². The third kappa shape index (κ3) is 2.84. The maximum atomic E-state index is 10.1. The van der Waals surface area contributed by atoms with E-state index in [-0.39, 0.29) is 5.41 Å². The van der Waals surface area contributed by atoms with Gasteiger partial charge < -0.3 is 5.11 Å². The van der Waals surface area contributed by atoms with Gasteiger partial charge in [0, 0.05) is 11.8 Å². The molecule has 1 atom stereocenters. The Morgan fingerprint density at radius 1 is 1.27 bits per heavy atom. The van der Waals surface area contributed by atoms with Crippen molar-refractivity contribution in [3.8, 4) is 11.8 Å². The number of aliphatic hydroxyl groups excluding tert-OH is 1. The highest BCUT2D eigenvalue weighted by Gasteiger charge is 2.28. The number of rotatable bonds is 3. The lowest BCUT2D eigenvalue weighted by Crippen LogP contribution is -2.33. The van der Waals surface area contributed by atoms with Crippen LogP contribution < -0.4 is 0 Å². The van der Waals surface area contributed by atoms with E-state index in [9.17, 15) is 5.11 Å². The van der Waals surface area contributed by atoms with Crippen molar-refractivity contribution in [1.82, 2.24) is 0 Å². The van der Waals surface area contributed by atoms with Crippen molar-refractivity contribution in [3.05, 3.63) is 35.9 Å². The third-order valence-corrected chi connectivity index (χ3v) is 2.82. The van der Waals surface area contributed by atoms with Crippen molar-refractivity contribution in [1.29, 1.82) is 0 Å². The minimum absolute atomic E-state index is 0.245. The zero-order chi connectivity index (χ0) is 11.3. The summed E-state index contributed by atoms with van der Waals surface area (Å²) < 4.78 is 0. The molecule has 1 unspecified atom stereocenters.